The number of anilines is 2. The Morgan fingerprint density at radius 3 is 2.34 bits per heavy atom. The van der Waals surface area contributed by atoms with Crippen molar-refractivity contribution in [2.24, 2.45) is 5.73 Å². The molecule has 2 aromatic rings. The average molecular weight is 441 g/mol. The Hall–Kier alpha value is -2.82. The fourth-order valence-electron chi connectivity index (χ4n) is 2.37. The van der Waals surface area contributed by atoms with Crippen LogP contribution in [0.4, 0.5) is 11.4 Å². The van der Waals surface area contributed by atoms with Crippen LogP contribution < -0.4 is 21.1 Å². The Kier molecular flexibility index (Phi) is 7.07. The number of sulfonamides is 1. The van der Waals surface area contributed by atoms with Gasteiger partial charge in [-0.2, -0.15) is 0 Å². The molecule has 0 saturated carbocycles. The topological polar surface area (TPSA) is 131 Å². The van der Waals surface area contributed by atoms with Crippen molar-refractivity contribution < 1.29 is 22.7 Å². The number of ether oxygens (including phenoxy) is 1. The van der Waals surface area contributed by atoms with Gasteiger partial charge in [0.1, 0.15) is 10.6 Å². The van der Waals surface area contributed by atoms with Crippen LogP contribution in [0.15, 0.2) is 41.3 Å². The number of halogens is 1. The molecule has 0 spiro atoms. The molecule has 0 bridgehead atoms. The van der Waals surface area contributed by atoms with Gasteiger partial charge in [0.25, 0.3) is 0 Å². The van der Waals surface area contributed by atoms with E-state index < -0.39 is 21.8 Å². The molecule has 0 aliphatic carbocycles. The van der Waals surface area contributed by atoms with Gasteiger partial charge in [-0.3, -0.25) is 9.59 Å². The summed E-state index contributed by atoms with van der Waals surface area (Å²) >= 11 is 5.97. The van der Waals surface area contributed by atoms with Crippen molar-refractivity contribution in [2.75, 3.05) is 38.4 Å². The van der Waals surface area contributed by atoms with Gasteiger partial charge in [0.05, 0.1) is 24.2 Å². The summed E-state index contributed by atoms with van der Waals surface area (Å²) in [4.78, 5) is 23.3. The molecule has 0 fully saturated rings. The van der Waals surface area contributed by atoms with E-state index in [4.69, 9.17) is 22.1 Å². The third-order valence-corrected chi connectivity index (χ3v) is 6.04. The molecule has 0 aromatic heterocycles. The van der Waals surface area contributed by atoms with E-state index in [0.717, 1.165) is 4.31 Å². The third kappa shape index (κ3) is 5.37. The van der Waals surface area contributed by atoms with E-state index >= 15 is 0 Å². The molecular formula is C18H21ClN4O5S. The first-order valence-corrected chi connectivity index (χ1v) is 10.1. The second-order valence-corrected chi connectivity index (χ2v) is 8.64. The number of carbonyl (C=O) groups is 2. The SMILES string of the molecule is COc1ccc(NC(=O)CNc2ccc(C(N)=O)c(Cl)c2)cc1S(=O)(=O)N(C)C. The fraction of sp³-hybridized carbons (Fsp3) is 0.222. The van der Waals surface area contributed by atoms with Crippen molar-refractivity contribution in [3.63, 3.8) is 0 Å². The number of rotatable bonds is 8. The van der Waals surface area contributed by atoms with Gasteiger partial charge in [-0.05, 0) is 36.4 Å². The van der Waals surface area contributed by atoms with Crippen LogP contribution in [0.2, 0.25) is 5.02 Å². The summed E-state index contributed by atoms with van der Waals surface area (Å²) in [6, 6.07) is 8.81. The van der Waals surface area contributed by atoms with Crippen molar-refractivity contribution >= 4 is 44.8 Å². The van der Waals surface area contributed by atoms with Crippen LogP contribution in [-0.4, -0.2) is 52.3 Å². The van der Waals surface area contributed by atoms with Gasteiger partial charge in [0.2, 0.25) is 21.8 Å². The Morgan fingerprint density at radius 2 is 1.79 bits per heavy atom. The average Bonchev–Trinajstić information content (AvgIpc) is 2.66. The van der Waals surface area contributed by atoms with Crippen LogP contribution >= 0.6 is 11.6 Å². The van der Waals surface area contributed by atoms with Crippen LogP contribution in [0.25, 0.3) is 0 Å². The molecule has 0 radical (unpaired) electrons. The molecule has 0 atom stereocenters. The molecule has 2 rings (SSSR count). The highest BCUT2D eigenvalue weighted by Gasteiger charge is 2.23. The third-order valence-electron chi connectivity index (χ3n) is 3.89. The second-order valence-electron chi connectivity index (χ2n) is 6.11. The number of primary amides is 1. The molecule has 29 heavy (non-hydrogen) atoms. The summed E-state index contributed by atoms with van der Waals surface area (Å²) in [7, 11) is 0.405. The highest BCUT2D eigenvalue weighted by Crippen LogP contribution is 2.29. The molecule has 156 valence electrons. The number of hydrogen-bond donors (Lipinski definition) is 3. The molecular weight excluding hydrogens is 420 g/mol. The van der Waals surface area contributed by atoms with Gasteiger partial charge in [0, 0.05) is 25.5 Å². The zero-order valence-electron chi connectivity index (χ0n) is 16.0. The maximum Gasteiger partial charge on any atom is 0.250 e. The van der Waals surface area contributed by atoms with Crippen molar-refractivity contribution in [3.05, 3.63) is 47.0 Å². The van der Waals surface area contributed by atoms with Gasteiger partial charge in [-0.1, -0.05) is 11.6 Å². The fourth-order valence-corrected chi connectivity index (χ4v) is 3.71. The van der Waals surface area contributed by atoms with Gasteiger partial charge in [-0.25, -0.2) is 12.7 Å². The lowest BCUT2D eigenvalue weighted by molar-refractivity contribution is -0.114. The Labute approximate surface area is 173 Å². The van der Waals surface area contributed by atoms with E-state index in [2.05, 4.69) is 10.6 Å². The monoisotopic (exact) mass is 440 g/mol. The molecule has 2 aromatic carbocycles. The molecule has 4 N–H and O–H groups in total. The minimum atomic E-state index is -3.76. The number of hydrogen-bond acceptors (Lipinski definition) is 6. The summed E-state index contributed by atoms with van der Waals surface area (Å²) in [6.45, 7) is -0.117. The normalized spacial score (nSPS) is 11.2. The molecule has 0 aliphatic rings. The predicted octanol–water partition coefficient (Wildman–Crippen LogP) is 1.75. The second kappa shape index (κ2) is 9.12. The van der Waals surface area contributed by atoms with Crippen molar-refractivity contribution in [1.29, 1.82) is 0 Å². The van der Waals surface area contributed by atoms with Crippen molar-refractivity contribution in [3.8, 4) is 5.75 Å². The van der Waals surface area contributed by atoms with Crippen LogP contribution in [0, 0.1) is 0 Å². The number of carbonyl (C=O) groups excluding carboxylic acids is 2. The number of amides is 2. The van der Waals surface area contributed by atoms with Crippen molar-refractivity contribution in [1.82, 2.24) is 4.31 Å². The maximum atomic E-state index is 12.4. The van der Waals surface area contributed by atoms with E-state index in [1.165, 1.54) is 51.5 Å². The zero-order valence-corrected chi connectivity index (χ0v) is 17.6. The zero-order chi connectivity index (χ0) is 21.8. The van der Waals surface area contributed by atoms with E-state index in [-0.39, 0.29) is 27.8 Å². The lowest BCUT2D eigenvalue weighted by Gasteiger charge is -2.16. The molecule has 0 aliphatic heterocycles. The van der Waals surface area contributed by atoms with Gasteiger partial charge in [-0.15, -0.1) is 0 Å². The van der Waals surface area contributed by atoms with Crippen LogP contribution in [0.5, 0.6) is 5.75 Å². The lowest BCUT2D eigenvalue weighted by atomic mass is 10.2. The van der Waals surface area contributed by atoms with Gasteiger partial charge in [0.15, 0.2) is 0 Å². The minimum absolute atomic E-state index is 0.0652. The first-order valence-electron chi connectivity index (χ1n) is 8.30. The number of benzene rings is 2. The number of methoxy groups -OCH3 is 1. The molecule has 0 unspecified atom stereocenters. The molecule has 9 nitrogen and oxygen atoms in total. The van der Waals surface area contributed by atoms with Crippen molar-refractivity contribution in [2.45, 2.75) is 4.90 Å². The quantitative estimate of drug-likeness (QED) is 0.573. The first-order chi connectivity index (χ1) is 13.6. The van der Waals surface area contributed by atoms with Crippen LogP contribution in [0.1, 0.15) is 10.4 Å². The summed E-state index contributed by atoms with van der Waals surface area (Å²) in [5.41, 5.74) is 6.17. The highest BCUT2D eigenvalue weighted by molar-refractivity contribution is 7.89. The minimum Gasteiger partial charge on any atom is -0.495 e. The van der Waals surface area contributed by atoms with Gasteiger partial charge >= 0.3 is 0 Å². The summed E-state index contributed by atoms with van der Waals surface area (Å²) < 4.78 is 31.0. The predicted molar refractivity (Wildman–Crippen MR) is 111 cm³/mol. The van der Waals surface area contributed by atoms with E-state index in [0.29, 0.717) is 11.4 Å². The van der Waals surface area contributed by atoms with Gasteiger partial charge < -0.3 is 21.1 Å². The van der Waals surface area contributed by atoms with E-state index in [1.807, 2.05) is 0 Å². The molecule has 2 amide bonds. The number of nitrogens with zero attached hydrogens (tertiary/aromatic N) is 1. The summed E-state index contributed by atoms with van der Waals surface area (Å²) in [5, 5.41) is 5.63. The standard InChI is InChI=1S/C18H21ClN4O5S/c1-23(2)29(26,27)16-9-12(5-7-15(16)28-3)22-17(24)10-21-11-4-6-13(18(20)25)14(19)8-11/h4-9,21H,10H2,1-3H3,(H2,20,25)(H,22,24). The molecule has 0 saturated heterocycles. The van der Waals surface area contributed by atoms with Crippen LogP contribution in [0.3, 0.4) is 0 Å². The lowest BCUT2D eigenvalue weighted by Crippen LogP contribution is -2.24. The Balaban J connectivity index is 2.11. The summed E-state index contributed by atoms with van der Waals surface area (Å²) in [5.74, 6) is -0.903. The number of nitrogens with one attached hydrogen (secondary N) is 2. The molecule has 0 heterocycles. The smallest absolute Gasteiger partial charge is 0.250 e. The first kappa shape index (κ1) is 22.5. The largest absolute Gasteiger partial charge is 0.495 e. The Bertz CT molecular complexity index is 1040. The Morgan fingerprint density at radius 1 is 1.14 bits per heavy atom. The van der Waals surface area contributed by atoms with E-state index in [9.17, 15) is 18.0 Å². The summed E-state index contributed by atoms with van der Waals surface area (Å²) in [6.07, 6.45) is 0. The van der Waals surface area contributed by atoms with Crippen LogP contribution in [-0.2, 0) is 14.8 Å². The number of nitrogens with two attached hydrogens (primary N) is 1. The highest BCUT2D eigenvalue weighted by atomic mass is 35.5. The maximum absolute atomic E-state index is 12.4. The molecule has 11 heteroatoms. The van der Waals surface area contributed by atoms with E-state index in [1.54, 1.807) is 6.07 Å².